The van der Waals surface area contributed by atoms with Gasteiger partial charge in [0.15, 0.2) is 0 Å². The Morgan fingerprint density at radius 3 is 2.48 bits per heavy atom. The van der Waals surface area contributed by atoms with Crippen LogP contribution in [0, 0.1) is 0 Å². The molecule has 2 aromatic rings. The molecule has 1 heterocycles. The third-order valence-electron chi connectivity index (χ3n) is 4.36. The number of benzene rings is 2. The smallest absolute Gasteiger partial charge is 0.240 e. The fourth-order valence-corrected chi connectivity index (χ4v) is 3.02. The second kappa shape index (κ2) is 9.62. The average molecular weight is 432 g/mol. The molecule has 1 amide bonds. The summed E-state index contributed by atoms with van der Waals surface area (Å²) in [6, 6.07) is 12.6. The summed E-state index contributed by atoms with van der Waals surface area (Å²) in [6.45, 7) is 1.43. The Kier molecular flexibility index (Phi) is 7.77. The van der Waals surface area contributed by atoms with E-state index in [0.717, 1.165) is 5.56 Å². The van der Waals surface area contributed by atoms with Gasteiger partial charge in [-0.1, -0.05) is 41.4 Å². The van der Waals surface area contributed by atoms with Crippen molar-refractivity contribution < 1.29 is 14.3 Å². The lowest BCUT2D eigenvalue weighted by Crippen LogP contribution is -2.56. The summed E-state index contributed by atoms with van der Waals surface area (Å²) in [6.07, 6.45) is 1.07. The zero-order chi connectivity index (χ0) is 18.6. The van der Waals surface area contributed by atoms with Crippen molar-refractivity contribution in [1.29, 1.82) is 0 Å². The Bertz CT molecular complexity index is 778. The molecule has 5 nitrogen and oxygen atoms in total. The van der Waals surface area contributed by atoms with Gasteiger partial charge in [-0.25, -0.2) is 0 Å². The molecule has 1 aliphatic rings. The zero-order valence-electron chi connectivity index (χ0n) is 14.5. The Morgan fingerprint density at radius 1 is 1.15 bits per heavy atom. The van der Waals surface area contributed by atoms with Gasteiger partial charge < -0.3 is 20.5 Å². The van der Waals surface area contributed by atoms with Crippen molar-refractivity contribution in [2.75, 3.05) is 13.2 Å². The van der Waals surface area contributed by atoms with Gasteiger partial charge in [-0.15, -0.1) is 12.4 Å². The van der Waals surface area contributed by atoms with Crippen LogP contribution in [-0.2, 0) is 16.1 Å². The molecule has 1 saturated heterocycles. The van der Waals surface area contributed by atoms with Crippen LogP contribution in [0.25, 0.3) is 0 Å². The number of nitrogens with two attached hydrogens (primary N) is 1. The number of halogens is 3. The van der Waals surface area contributed by atoms with Gasteiger partial charge >= 0.3 is 0 Å². The third-order valence-corrected chi connectivity index (χ3v) is 5.16. The number of hydrogen-bond donors (Lipinski definition) is 2. The molecule has 0 saturated carbocycles. The molecular weight excluding hydrogens is 411 g/mol. The average Bonchev–Trinajstić information content (AvgIpc) is 2.65. The lowest BCUT2D eigenvalue weighted by molar-refractivity contribution is -0.129. The monoisotopic (exact) mass is 430 g/mol. The van der Waals surface area contributed by atoms with E-state index < -0.39 is 5.54 Å². The Morgan fingerprint density at radius 2 is 1.81 bits per heavy atom. The van der Waals surface area contributed by atoms with Crippen molar-refractivity contribution in [2.24, 2.45) is 5.73 Å². The third kappa shape index (κ3) is 5.50. The molecule has 146 valence electrons. The molecule has 0 radical (unpaired) electrons. The maximum absolute atomic E-state index is 12.3. The lowest BCUT2D eigenvalue weighted by atomic mass is 9.90. The topological polar surface area (TPSA) is 73.6 Å². The summed E-state index contributed by atoms with van der Waals surface area (Å²) in [7, 11) is 0. The molecule has 2 aromatic carbocycles. The summed E-state index contributed by atoms with van der Waals surface area (Å²) in [4.78, 5) is 12.3. The van der Waals surface area contributed by atoms with E-state index >= 15 is 0 Å². The van der Waals surface area contributed by atoms with Crippen molar-refractivity contribution in [3.05, 3.63) is 58.1 Å². The molecule has 0 aromatic heterocycles. The zero-order valence-corrected chi connectivity index (χ0v) is 16.9. The van der Waals surface area contributed by atoms with E-state index in [1.807, 2.05) is 24.3 Å². The van der Waals surface area contributed by atoms with Gasteiger partial charge in [-0.3, -0.25) is 4.79 Å². The van der Waals surface area contributed by atoms with E-state index in [1.54, 1.807) is 18.2 Å². The Hall–Kier alpha value is -1.50. The number of carbonyl (C=O) groups excluding carboxylic acids is 1. The molecule has 0 atom stereocenters. The number of carbonyl (C=O) groups is 1. The minimum absolute atomic E-state index is 0. The van der Waals surface area contributed by atoms with Crippen LogP contribution in [0.1, 0.15) is 18.4 Å². The molecule has 0 aliphatic carbocycles. The van der Waals surface area contributed by atoms with Gasteiger partial charge in [0.05, 0.1) is 10.6 Å². The van der Waals surface area contributed by atoms with Crippen molar-refractivity contribution in [2.45, 2.75) is 24.9 Å². The second-order valence-corrected chi connectivity index (χ2v) is 7.03. The van der Waals surface area contributed by atoms with Gasteiger partial charge in [0.25, 0.3) is 0 Å². The minimum atomic E-state index is -0.843. The van der Waals surface area contributed by atoms with Crippen molar-refractivity contribution in [1.82, 2.24) is 5.32 Å². The SMILES string of the molecule is Cl.NC1(C(=O)NCc2ccc(Oc3cccc(Cl)c3Cl)cc2)CCOCC1. The van der Waals surface area contributed by atoms with Crippen molar-refractivity contribution in [3.63, 3.8) is 0 Å². The van der Waals surface area contributed by atoms with Gasteiger partial charge in [0.2, 0.25) is 5.91 Å². The number of rotatable bonds is 5. The van der Waals surface area contributed by atoms with Crippen LogP contribution in [0.15, 0.2) is 42.5 Å². The molecule has 0 bridgehead atoms. The maximum Gasteiger partial charge on any atom is 0.240 e. The molecule has 0 spiro atoms. The van der Waals surface area contributed by atoms with Gasteiger partial charge in [0, 0.05) is 19.8 Å². The summed E-state index contributed by atoms with van der Waals surface area (Å²) in [5, 5.41) is 3.70. The van der Waals surface area contributed by atoms with E-state index in [4.69, 9.17) is 38.4 Å². The maximum atomic E-state index is 12.3. The Balaban J connectivity index is 0.00000261. The van der Waals surface area contributed by atoms with Crippen LogP contribution < -0.4 is 15.8 Å². The van der Waals surface area contributed by atoms with Crippen LogP contribution in [0.3, 0.4) is 0 Å². The fraction of sp³-hybridized carbons (Fsp3) is 0.316. The van der Waals surface area contributed by atoms with Crippen LogP contribution in [0.2, 0.25) is 10.0 Å². The number of nitrogens with one attached hydrogen (secondary N) is 1. The molecule has 3 N–H and O–H groups in total. The highest BCUT2D eigenvalue weighted by atomic mass is 35.5. The standard InChI is InChI=1S/C19H20Cl2N2O3.ClH/c20-15-2-1-3-16(17(15)21)26-14-6-4-13(5-7-14)12-23-18(24)19(22)8-10-25-11-9-19;/h1-7H,8-12,22H2,(H,23,24);1H. The molecule has 1 fully saturated rings. The van der Waals surface area contributed by atoms with Crippen molar-refractivity contribution in [3.8, 4) is 11.5 Å². The van der Waals surface area contributed by atoms with Crippen LogP contribution in [0.5, 0.6) is 11.5 Å². The van der Waals surface area contributed by atoms with E-state index in [0.29, 0.717) is 54.1 Å². The molecular formula is C19H21Cl3N2O3. The highest BCUT2D eigenvalue weighted by Gasteiger charge is 2.35. The first-order chi connectivity index (χ1) is 12.5. The van der Waals surface area contributed by atoms with E-state index in [9.17, 15) is 4.79 Å². The second-order valence-electron chi connectivity index (χ2n) is 6.25. The number of ether oxygens (including phenoxy) is 2. The summed E-state index contributed by atoms with van der Waals surface area (Å²) < 4.78 is 11.0. The fourth-order valence-electron chi connectivity index (χ4n) is 2.69. The van der Waals surface area contributed by atoms with Gasteiger partial charge in [-0.2, -0.15) is 0 Å². The predicted molar refractivity (Wildman–Crippen MR) is 109 cm³/mol. The molecule has 27 heavy (non-hydrogen) atoms. The quantitative estimate of drug-likeness (QED) is 0.739. The van der Waals surface area contributed by atoms with Crippen LogP contribution in [0.4, 0.5) is 0 Å². The van der Waals surface area contributed by atoms with Crippen LogP contribution >= 0.6 is 35.6 Å². The normalized spacial score (nSPS) is 15.5. The molecule has 8 heteroatoms. The number of hydrogen-bond acceptors (Lipinski definition) is 4. The Labute approximate surface area is 174 Å². The summed E-state index contributed by atoms with van der Waals surface area (Å²) in [5.74, 6) is 0.973. The summed E-state index contributed by atoms with van der Waals surface area (Å²) in [5.41, 5.74) is 6.27. The predicted octanol–water partition coefficient (Wildman–Crippen LogP) is 4.33. The van der Waals surface area contributed by atoms with E-state index in [2.05, 4.69) is 5.32 Å². The first kappa shape index (κ1) is 21.8. The lowest BCUT2D eigenvalue weighted by Gasteiger charge is -2.31. The molecule has 3 rings (SSSR count). The highest BCUT2D eigenvalue weighted by molar-refractivity contribution is 6.42. The number of amides is 1. The minimum Gasteiger partial charge on any atom is -0.456 e. The van der Waals surface area contributed by atoms with Crippen LogP contribution in [-0.4, -0.2) is 24.7 Å². The van der Waals surface area contributed by atoms with Gasteiger partial charge in [-0.05, 0) is 42.7 Å². The first-order valence-corrected chi connectivity index (χ1v) is 9.09. The summed E-state index contributed by atoms with van der Waals surface area (Å²) >= 11 is 12.1. The van der Waals surface area contributed by atoms with E-state index in [-0.39, 0.29) is 18.3 Å². The first-order valence-electron chi connectivity index (χ1n) is 8.34. The molecule has 0 unspecified atom stereocenters. The largest absolute Gasteiger partial charge is 0.456 e. The highest BCUT2D eigenvalue weighted by Crippen LogP contribution is 2.34. The van der Waals surface area contributed by atoms with E-state index in [1.165, 1.54) is 0 Å². The van der Waals surface area contributed by atoms with Gasteiger partial charge in [0.1, 0.15) is 16.5 Å². The van der Waals surface area contributed by atoms with Crippen molar-refractivity contribution >= 4 is 41.5 Å². The molecule has 1 aliphatic heterocycles.